The topological polar surface area (TPSA) is 60.9 Å². The van der Waals surface area contributed by atoms with E-state index in [1.165, 1.54) is 0 Å². The van der Waals surface area contributed by atoms with Crippen LogP contribution in [0.5, 0.6) is 0 Å². The van der Waals surface area contributed by atoms with Gasteiger partial charge in [-0.2, -0.15) is 0 Å². The number of rotatable bonds is 2. The maximum absolute atomic E-state index is 12.5. The van der Waals surface area contributed by atoms with Crippen LogP contribution in [0.1, 0.15) is 19.3 Å². The number of anilines is 1. The molecule has 3 rings (SSSR count). The SMILES string of the molecule is O=C(C1CC(=O)N(c2ccccc2Cl)C1)N1CCC(O)CC1. The van der Waals surface area contributed by atoms with Crippen LogP contribution in [0.25, 0.3) is 0 Å². The highest BCUT2D eigenvalue weighted by Gasteiger charge is 2.38. The minimum atomic E-state index is -0.320. The number of likely N-dealkylation sites (tertiary alicyclic amines) is 1. The van der Waals surface area contributed by atoms with Gasteiger partial charge in [-0.05, 0) is 25.0 Å². The Morgan fingerprint density at radius 1 is 1.23 bits per heavy atom. The van der Waals surface area contributed by atoms with E-state index in [0.29, 0.717) is 43.2 Å². The molecule has 22 heavy (non-hydrogen) atoms. The molecule has 0 aromatic heterocycles. The molecule has 0 spiro atoms. The van der Waals surface area contributed by atoms with Gasteiger partial charge in [-0.1, -0.05) is 23.7 Å². The fourth-order valence-corrected chi connectivity index (χ4v) is 3.36. The monoisotopic (exact) mass is 322 g/mol. The molecule has 2 amide bonds. The van der Waals surface area contributed by atoms with Crippen molar-refractivity contribution >= 4 is 29.1 Å². The zero-order valence-corrected chi connectivity index (χ0v) is 13.0. The second-order valence-corrected chi connectivity index (χ2v) is 6.32. The third-order valence-electron chi connectivity index (χ3n) is 4.39. The highest BCUT2D eigenvalue weighted by Crippen LogP contribution is 2.31. The quantitative estimate of drug-likeness (QED) is 0.901. The van der Waals surface area contributed by atoms with Crippen molar-refractivity contribution < 1.29 is 14.7 Å². The lowest BCUT2D eigenvalue weighted by atomic mass is 10.0. The summed E-state index contributed by atoms with van der Waals surface area (Å²) in [6, 6.07) is 7.18. The Bertz CT molecular complexity index is 585. The number of carbonyl (C=O) groups excluding carboxylic acids is 2. The minimum Gasteiger partial charge on any atom is -0.393 e. The van der Waals surface area contributed by atoms with Gasteiger partial charge in [-0.15, -0.1) is 0 Å². The number of para-hydroxylation sites is 1. The van der Waals surface area contributed by atoms with Gasteiger partial charge in [-0.3, -0.25) is 9.59 Å². The molecular weight excluding hydrogens is 304 g/mol. The summed E-state index contributed by atoms with van der Waals surface area (Å²) in [7, 11) is 0. The van der Waals surface area contributed by atoms with Crippen molar-refractivity contribution in [2.75, 3.05) is 24.5 Å². The number of piperidine rings is 1. The number of aliphatic hydroxyl groups excluding tert-OH is 1. The van der Waals surface area contributed by atoms with E-state index in [-0.39, 0.29) is 30.3 Å². The fourth-order valence-electron chi connectivity index (χ4n) is 3.12. The van der Waals surface area contributed by atoms with Gasteiger partial charge in [0.05, 0.1) is 22.7 Å². The van der Waals surface area contributed by atoms with E-state index >= 15 is 0 Å². The van der Waals surface area contributed by atoms with E-state index < -0.39 is 0 Å². The van der Waals surface area contributed by atoms with Crippen molar-refractivity contribution in [3.8, 4) is 0 Å². The summed E-state index contributed by atoms with van der Waals surface area (Å²) in [5.74, 6) is -0.377. The van der Waals surface area contributed by atoms with Crippen molar-refractivity contribution in [2.24, 2.45) is 5.92 Å². The molecule has 0 aliphatic carbocycles. The molecule has 2 heterocycles. The van der Waals surface area contributed by atoms with E-state index in [1.54, 1.807) is 21.9 Å². The molecule has 1 aromatic rings. The molecule has 1 atom stereocenters. The molecule has 0 radical (unpaired) electrons. The van der Waals surface area contributed by atoms with Gasteiger partial charge in [-0.25, -0.2) is 0 Å². The maximum atomic E-state index is 12.5. The van der Waals surface area contributed by atoms with Crippen LogP contribution in [0, 0.1) is 5.92 Å². The van der Waals surface area contributed by atoms with Crippen LogP contribution >= 0.6 is 11.6 Å². The molecule has 2 fully saturated rings. The fraction of sp³-hybridized carbons (Fsp3) is 0.500. The third kappa shape index (κ3) is 2.96. The molecule has 0 saturated carbocycles. The second kappa shape index (κ2) is 6.26. The molecule has 1 unspecified atom stereocenters. The Kier molecular flexibility index (Phi) is 4.36. The summed E-state index contributed by atoms with van der Waals surface area (Å²) in [6.07, 6.45) is 1.14. The second-order valence-electron chi connectivity index (χ2n) is 5.91. The first-order valence-electron chi connectivity index (χ1n) is 7.58. The van der Waals surface area contributed by atoms with Gasteiger partial charge in [0.15, 0.2) is 0 Å². The van der Waals surface area contributed by atoms with Crippen molar-refractivity contribution in [3.05, 3.63) is 29.3 Å². The number of carbonyl (C=O) groups is 2. The number of halogens is 1. The normalized spacial score (nSPS) is 23.2. The maximum Gasteiger partial charge on any atom is 0.228 e. The lowest BCUT2D eigenvalue weighted by Crippen LogP contribution is -2.43. The largest absolute Gasteiger partial charge is 0.393 e. The van der Waals surface area contributed by atoms with Gasteiger partial charge in [0.25, 0.3) is 0 Å². The van der Waals surface area contributed by atoms with Gasteiger partial charge in [0.1, 0.15) is 0 Å². The van der Waals surface area contributed by atoms with Gasteiger partial charge < -0.3 is 14.9 Å². The summed E-state index contributed by atoms with van der Waals surface area (Å²) in [6.45, 7) is 1.51. The number of nitrogens with zero attached hydrogens (tertiary/aromatic N) is 2. The summed E-state index contributed by atoms with van der Waals surface area (Å²) in [5, 5.41) is 10.0. The van der Waals surface area contributed by atoms with Gasteiger partial charge in [0.2, 0.25) is 11.8 Å². The summed E-state index contributed by atoms with van der Waals surface area (Å²) >= 11 is 6.14. The Hall–Kier alpha value is -1.59. The average molecular weight is 323 g/mol. The molecule has 0 bridgehead atoms. The number of benzene rings is 1. The number of hydrogen-bond acceptors (Lipinski definition) is 3. The molecule has 5 nitrogen and oxygen atoms in total. The van der Waals surface area contributed by atoms with Gasteiger partial charge in [0, 0.05) is 26.1 Å². The predicted octanol–water partition coefficient (Wildman–Crippen LogP) is 1.68. The average Bonchev–Trinajstić information content (AvgIpc) is 2.90. The van der Waals surface area contributed by atoms with E-state index in [0.717, 1.165) is 0 Å². The number of aliphatic hydroxyl groups is 1. The zero-order chi connectivity index (χ0) is 15.7. The van der Waals surface area contributed by atoms with Crippen molar-refractivity contribution in [1.82, 2.24) is 4.90 Å². The summed E-state index contributed by atoms with van der Waals surface area (Å²) in [4.78, 5) is 28.1. The lowest BCUT2D eigenvalue weighted by Gasteiger charge is -2.31. The predicted molar refractivity (Wildman–Crippen MR) is 83.7 cm³/mol. The Labute approximate surface area is 134 Å². The molecule has 2 aliphatic heterocycles. The first-order valence-corrected chi connectivity index (χ1v) is 7.96. The molecule has 2 saturated heterocycles. The highest BCUT2D eigenvalue weighted by molar-refractivity contribution is 6.33. The number of hydrogen-bond donors (Lipinski definition) is 1. The van der Waals surface area contributed by atoms with Crippen LogP contribution in [0.2, 0.25) is 5.02 Å². The van der Waals surface area contributed by atoms with Crippen LogP contribution in [0.3, 0.4) is 0 Å². The standard InChI is InChI=1S/C16H19ClN2O3/c17-13-3-1-2-4-14(13)19-10-11(9-15(19)21)16(22)18-7-5-12(20)6-8-18/h1-4,11-12,20H,5-10H2. The summed E-state index contributed by atoms with van der Waals surface area (Å²) in [5.41, 5.74) is 0.665. The Balaban J connectivity index is 1.69. The Morgan fingerprint density at radius 2 is 1.91 bits per heavy atom. The Morgan fingerprint density at radius 3 is 2.59 bits per heavy atom. The smallest absolute Gasteiger partial charge is 0.228 e. The van der Waals surface area contributed by atoms with Crippen molar-refractivity contribution in [3.63, 3.8) is 0 Å². The van der Waals surface area contributed by atoms with E-state index in [4.69, 9.17) is 11.6 Å². The number of amides is 2. The van der Waals surface area contributed by atoms with Crippen molar-refractivity contribution in [2.45, 2.75) is 25.4 Å². The van der Waals surface area contributed by atoms with Crippen LogP contribution < -0.4 is 4.90 Å². The van der Waals surface area contributed by atoms with Crippen LogP contribution in [-0.4, -0.2) is 47.6 Å². The van der Waals surface area contributed by atoms with Crippen LogP contribution in [-0.2, 0) is 9.59 Å². The molecule has 118 valence electrons. The minimum absolute atomic E-state index is 0.00908. The molecule has 6 heteroatoms. The first-order chi connectivity index (χ1) is 10.6. The molecule has 1 aromatic carbocycles. The van der Waals surface area contributed by atoms with Crippen LogP contribution in [0.4, 0.5) is 5.69 Å². The van der Waals surface area contributed by atoms with E-state index in [2.05, 4.69) is 0 Å². The zero-order valence-electron chi connectivity index (χ0n) is 12.2. The van der Waals surface area contributed by atoms with E-state index in [9.17, 15) is 14.7 Å². The first kappa shape index (κ1) is 15.3. The molecular formula is C16H19ClN2O3. The van der Waals surface area contributed by atoms with Crippen molar-refractivity contribution in [1.29, 1.82) is 0 Å². The van der Waals surface area contributed by atoms with E-state index in [1.807, 2.05) is 12.1 Å². The van der Waals surface area contributed by atoms with Gasteiger partial charge >= 0.3 is 0 Å². The molecule has 1 N–H and O–H groups in total. The summed E-state index contributed by atoms with van der Waals surface area (Å²) < 4.78 is 0. The molecule has 2 aliphatic rings. The van der Waals surface area contributed by atoms with Crippen LogP contribution in [0.15, 0.2) is 24.3 Å². The lowest BCUT2D eigenvalue weighted by molar-refractivity contribution is -0.137. The highest BCUT2D eigenvalue weighted by atomic mass is 35.5. The third-order valence-corrected chi connectivity index (χ3v) is 4.71.